The predicted molar refractivity (Wildman–Crippen MR) is 75.5 cm³/mol. The predicted octanol–water partition coefficient (Wildman–Crippen LogP) is 1.54. The first-order valence-corrected chi connectivity index (χ1v) is 6.45. The summed E-state index contributed by atoms with van der Waals surface area (Å²) in [6.07, 6.45) is 5.19. The number of halogens is 1. The van der Waals surface area contributed by atoms with Gasteiger partial charge in [-0.25, -0.2) is 9.48 Å². The zero-order chi connectivity index (χ0) is 12.5. The highest BCUT2D eigenvalue weighted by atomic mass is 127. The van der Waals surface area contributed by atoms with Crippen molar-refractivity contribution in [2.75, 3.05) is 0 Å². The van der Waals surface area contributed by atoms with E-state index in [9.17, 15) is 4.79 Å². The standard InChI is InChI=1S/C12H9IN4O/c13-10-3-5-16-11(6-10)15-17(12(16)18)8-9-2-1-4-14-7-9/h1-7H,8H2. The fraction of sp³-hybridized carbons (Fsp3) is 0.0833. The van der Waals surface area contributed by atoms with Gasteiger partial charge in [-0.2, -0.15) is 0 Å². The van der Waals surface area contributed by atoms with Crippen LogP contribution in [0.5, 0.6) is 0 Å². The molecule has 0 N–H and O–H groups in total. The minimum absolute atomic E-state index is 0.134. The summed E-state index contributed by atoms with van der Waals surface area (Å²) in [4.78, 5) is 16.1. The van der Waals surface area contributed by atoms with E-state index >= 15 is 0 Å². The summed E-state index contributed by atoms with van der Waals surface area (Å²) in [6, 6.07) is 7.53. The average molecular weight is 352 g/mol. The smallest absolute Gasteiger partial charge is 0.264 e. The third-order valence-corrected chi connectivity index (χ3v) is 3.27. The minimum atomic E-state index is -0.134. The van der Waals surface area contributed by atoms with Gasteiger partial charge >= 0.3 is 5.69 Å². The van der Waals surface area contributed by atoms with Gasteiger partial charge in [-0.05, 0) is 46.4 Å². The number of aromatic nitrogens is 4. The Kier molecular flexibility index (Phi) is 2.86. The van der Waals surface area contributed by atoms with Gasteiger partial charge in [0.15, 0.2) is 5.65 Å². The first-order chi connectivity index (χ1) is 8.74. The Morgan fingerprint density at radius 2 is 2.22 bits per heavy atom. The molecule has 18 heavy (non-hydrogen) atoms. The Bertz CT molecular complexity index is 748. The summed E-state index contributed by atoms with van der Waals surface area (Å²) in [7, 11) is 0. The molecule has 3 rings (SSSR count). The first-order valence-electron chi connectivity index (χ1n) is 5.38. The van der Waals surface area contributed by atoms with Crippen molar-refractivity contribution in [2.45, 2.75) is 6.54 Å². The zero-order valence-corrected chi connectivity index (χ0v) is 11.5. The van der Waals surface area contributed by atoms with E-state index in [0.29, 0.717) is 12.2 Å². The number of hydrogen-bond acceptors (Lipinski definition) is 3. The van der Waals surface area contributed by atoms with E-state index in [1.165, 1.54) is 4.68 Å². The molecule has 0 atom stereocenters. The van der Waals surface area contributed by atoms with Crippen LogP contribution in [0.3, 0.4) is 0 Å². The molecule has 0 aliphatic heterocycles. The van der Waals surface area contributed by atoms with Crippen molar-refractivity contribution in [1.82, 2.24) is 19.2 Å². The molecule has 0 unspecified atom stereocenters. The second-order valence-electron chi connectivity index (χ2n) is 3.87. The van der Waals surface area contributed by atoms with E-state index in [4.69, 9.17) is 0 Å². The van der Waals surface area contributed by atoms with E-state index in [0.717, 1.165) is 9.13 Å². The Morgan fingerprint density at radius 1 is 1.33 bits per heavy atom. The fourth-order valence-corrected chi connectivity index (χ4v) is 2.20. The van der Waals surface area contributed by atoms with Gasteiger partial charge in [0, 0.05) is 22.2 Å². The molecule has 0 radical (unpaired) electrons. The van der Waals surface area contributed by atoms with Gasteiger partial charge in [0.2, 0.25) is 0 Å². The van der Waals surface area contributed by atoms with Crippen LogP contribution < -0.4 is 5.69 Å². The molecule has 0 aliphatic rings. The normalized spacial score (nSPS) is 10.9. The van der Waals surface area contributed by atoms with E-state index < -0.39 is 0 Å². The Hall–Kier alpha value is -1.70. The summed E-state index contributed by atoms with van der Waals surface area (Å²) in [5.74, 6) is 0. The molecular formula is C12H9IN4O. The molecule has 0 aliphatic carbocycles. The maximum atomic E-state index is 12.1. The van der Waals surface area contributed by atoms with Crippen molar-refractivity contribution in [1.29, 1.82) is 0 Å². The first kappa shape index (κ1) is 11.4. The molecule has 0 amide bonds. The van der Waals surface area contributed by atoms with E-state index in [1.807, 2.05) is 24.3 Å². The third-order valence-electron chi connectivity index (χ3n) is 2.60. The minimum Gasteiger partial charge on any atom is -0.264 e. The molecule has 90 valence electrons. The number of rotatable bonds is 2. The molecule has 0 bridgehead atoms. The molecule has 0 saturated carbocycles. The lowest BCUT2D eigenvalue weighted by Gasteiger charge is -1.97. The van der Waals surface area contributed by atoms with Crippen molar-refractivity contribution < 1.29 is 0 Å². The molecule has 0 fully saturated rings. The monoisotopic (exact) mass is 352 g/mol. The number of fused-ring (bicyclic) bond motifs is 1. The Labute approximate surface area is 116 Å². The van der Waals surface area contributed by atoms with Crippen molar-refractivity contribution in [2.24, 2.45) is 0 Å². The lowest BCUT2D eigenvalue weighted by molar-refractivity contribution is 0.657. The van der Waals surface area contributed by atoms with Crippen LogP contribution in [-0.2, 0) is 6.54 Å². The van der Waals surface area contributed by atoms with Crippen LogP contribution in [0.25, 0.3) is 5.65 Å². The number of hydrogen-bond donors (Lipinski definition) is 0. The summed E-state index contributed by atoms with van der Waals surface area (Å²) in [6.45, 7) is 0.435. The molecule has 3 aromatic rings. The molecule has 3 aromatic heterocycles. The number of pyridine rings is 2. The second-order valence-corrected chi connectivity index (χ2v) is 5.12. The van der Waals surface area contributed by atoms with Gasteiger partial charge in [0.25, 0.3) is 0 Å². The average Bonchev–Trinajstić information content (AvgIpc) is 2.67. The van der Waals surface area contributed by atoms with Crippen molar-refractivity contribution in [3.05, 3.63) is 62.5 Å². The largest absolute Gasteiger partial charge is 0.350 e. The van der Waals surface area contributed by atoms with Gasteiger partial charge in [0.05, 0.1) is 6.54 Å². The lowest BCUT2D eigenvalue weighted by atomic mass is 10.3. The maximum absolute atomic E-state index is 12.1. The van der Waals surface area contributed by atoms with Crippen LogP contribution >= 0.6 is 22.6 Å². The second kappa shape index (κ2) is 4.52. The van der Waals surface area contributed by atoms with Crippen molar-refractivity contribution >= 4 is 28.2 Å². The van der Waals surface area contributed by atoms with Gasteiger partial charge in [-0.3, -0.25) is 9.38 Å². The molecule has 0 spiro atoms. The van der Waals surface area contributed by atoms with Gasteiger partial charge in [-0.15, -0.1) is 5.10 Å². The fourth-order valence-electron chi connectivity index (χ4n) is 1.76. The van der Waals surface area contributed by atoms with Gasteiger partial charge in [0.1, 0.15) is 0 Å². The molecule has 0 aromatic carbocycles. The van der Waals surface area contributed by atoms with Crippen LogP contribution in [-0.4, -0.2) is 19.2 Å². The van der Waals surface area contributed by atoms with Crippen LogP contribution in [0, 0.1) is 3.57 Å². The lowest BCUT2D eigenvalue weighted by Crippen LogP contribution is -2.21. The third kappa shape index (κ3) is 2.03. The summed E-state index contributed by atoms with van der Waals surface area (Å²) in [5.41, 5.74) is 1.48. The summed E-state index contributed by atoms with van der Waals surface area (Å²) < 4.78 is 4.04. The van der Waals surface area contributed by atoms with Crippen molar-refractivity contribution in [3.63, 3.8) is 0 Å². The number of nitrogens with zero attached hydrogens (tertiary/aromatic N) is 4. The van der Waals surface area contributed by atoms with Crippen molar-refractivity contribution in [3.8, 4) is 0 Å². The van der Waals surface area contributed by atoms with Gasteiger partial charge in [-0.1, -0.05) is 6.07 Å². The highest BCUT2D eigenvalue weighted by molar-refractivity contribution is 14.1. The maximum Gasteiger partial charge on any atom is 0.350 e. The summed E-state index contributed by atoms with van der Waals surface area (Å²) in [5, 5.41) is 4.30. The summed E-state index contributed by atoms with van der Waals surface area (Å²) >= 11 is 2.20. The quantitative estimate of drug-likeness (QED) is 0.658. The van der Waals surface area contributed by atoms with E-state index in [1.54, 1.807) is 23.0 Å². The van der Waals surface area contributed by atoms with Crippen LogP contribution in [0.15, 0.2) is 47.7 Å². The molecule has 6 heteroatoms. The van der Waals surface area contributed by atoms with Crippen LogP contribution in [0.2, 0.25) is 0 Å². The van der Waals surface area contributed by atoms with E-state index in [-0.39, 0.29) is 5.69 Å². The molecule has 0 saturated heterocycles. The zero-order valence-electron chi connectivity index (χ0n) is 9.32. The van der Waals surface area contributed by atoms with Crippen LogP contribution in [0.4, 0.5) is 0 Å². The highest BCUT2D eigenvalue weighted by Gasteiger charge is 2.07. The van der Waals surface area contributed by atoms with Gasteiger partial charge < -0.3 is 0 Å². The van der Waals surface area contributed by atoms with Crippen LogP contribution in [0.1, 0.15) is 5.56 Å². The SMILES string of the molecule is O=c1n(Cc2cccnc2)nc2cc(I)ccn12. The Balaban J connectivity index is 2.08. The molecule has 5 nitrogen and oxygen atoms in total. The highest BCUT2D eigenvalue weighted by Crippen LogP contribution is 2.06. The van der Waals surface area contributed by atoms with E-state index in [2.05, 4.69) is 32.7 Å². The molecular weight excluding hydrogens is 343 g/mol. The molecule has 3 heterocycles. The Morgan fingerprint density at radius 3 is 3.00 bits per heavy atom. The topological polar surface area (TPSA) is 52.2 Å².